The number of β-amino-alcohol motifs (C(OH)–C–C–N with tert-alkyl or cyclic N) is 1. The van der Waals surface area contributed by atoms with Crippen LogP contribution < -0.4 is 0 Å². The van der Waals surface area contributed by atoms with Crippen LogP contribution in [0.2, 0.25) is 0 Å². The molecule has 1 N–H and O–H groups in total. The number of aliphatic hydroxyl groups is 1. The molecule has 0 bridgehead atoms. The molecular weight excluding hydrogens is 297 g/mol. The molecule has 2 aliphatic heterocycles. The number of ether oxygens (including phenoxy) is 1. The van der Waals surface area contributed by atoms with Crippen LogP contribution in [-0.4, -0.2) is 78.2 Å². The van der Waals surface area contributed by atoms with Gasteiger partial charge < -0.3 is 9.84 Å². The van der Waals surface area contributed by atoms with E-state index in [-0.39, 0.29) is 18.6 Å². The van der Waals surface area contributed by atoms with Gasteiger partial charge in [0.25, 0.3) is 0 Å². The first-order valence-corrected chi connectivity index (χ1v) is 8.02. The van der Waals surface area contributed by atoms with Gasteiger partial charge in [-0.15, -0.1) is 0 Å². The Hall–Kier alpha value is -0.370. The minimum Gasteiger partial charge on any atom is -0.379 e. The molecule has 0 aromatic carbocycles. The van der Waals surface area contributed by atoms with Crippen molar-refractivity contribution < 1.29 is 23.0 Å². The van der Waals surface area contributed by atoms with E-state index in [4.69, 9.17) is 4.74 Å². The molecule has 2 aliphatic rings. The number of halogens is 3. The van der Waals surface area contributed by atoms with Crippen molar-refractivity contribution in [2.45, 2.75) is 51.1 Å². The number of nitrogens with zero attached hydrogens (tertiary/aromatic N) is 2. The molecule has 0 amide bonds. The molecular formula is C15H27F3N2O2. The quantitative estimate of drug-likeness (QED) is 0.854. The van der Waals surface area contributed by atoms with Crippen molar-refractivity contribution in [2.75, 3.05) is 39.4 Å². The van der Waals surface area contributed by atoms with E-state index in [1.54, 1.807) is 4.90 Å². The van der Waals surface area contributed by atoms with Gasteiger partial charge in [0.05, 0.1) is 13.2 Å². The van der Waals surface area contributed by atoms with Crippen molar-refractivity contribution in [3.05, 3.63) is 0 Å². The van der Waals surface area contributed by atoms with Gasteiger partial charge >= 0.3 is 6.18 Å². The van der Waals surface area contributed by atoms with Gasteiger partial charge in [0.1, 0.15) is 0 Å². The standard InChI is InChI=1S/C15H27F3N2O2/c1-11(2)14(21,15(16,17)18)10-20-5-4-13(12(20)3)19-6-8-22-9-7-19/h11-13,21H,4-10H2,1-3H3/t12-,13-,14?/m0/s1. The Bertz CT molecular complexity index is 372. The number of rotatable bonds is 4. The summed E-state index contributed by atoms with van der Waals surface area (Å²) in [5.41, 5.74) is -2.65. The van der Waals surface area contributed by atoms with Gasteiger partial charge in [-0.3, -0.25) is 9.80 Å². The van der Waals surface area contributed by atoms with Crippen LogP contribution in [0.3, 0.4) is 0 Å². The summed E-state index contributed by atoms with van der Waals surface area (Å²) in [5.74, 6) is -0.873. The first-order chi connectivity index (χ1) is 10.2. The van der Waals surface area contributed by atoms with Crippen molar-refractivity contribution in [1.29, 1.82) is 0 Å². The van der Waals surface area contributed by atoms with E-state index in [9.17, 15) is 18.3 Å². The summed E-state index contributed by atoms with van der Waals surface area (Å²) in [6.07, 6.45) is -3.77. The van der Waals surface area contributed by atoms with Crippen molar-refractivity contribution in [2.24, 2.45) is 5.92 Å². The zero-order valence-electron chi connectivity index (χ0n) is 13.6. The fourth-order valence-corrected chi connectivity index (χ4v) is 3.52. The third-order valence-electron chi connectivity index (χ3n) is 5.25. The van der Waals surface area contributed by atoms with Gasteiger partial charge in [0.2, 0.25) is 0 Å². The Morgan fingerprint density at radius 3 is 2.27 bits per heavy atom. The normalized spacial score (nSPS) is 31.6. The molecule has 0 aromatic heterocycles. The molecule has 2 saturated heterocycles. The summed E-state index contributed by atoms with van der Waals surface area (Å²) in [7, 11) is 0. The topological polar surface area (TPSA) is 35.9 Å². The number of alkyl halides is 3. The Morgan fingerprint density at radius 2 is 1.77 bits per heavy atom. The van der Waals surface area contributed by atoms with Crippen LogP contribution in [0.25, 0.3) is 0 Å². The maximum absolute atomic E-state index is 13.3. The molecule has 2 heterocycles. The Morgan fingerprint density at radius 1 is 1.18 bits per heavy atom. The SMILES string of the molecule is CC(C)C(O)(CN1CC[C@H](N2CCOCC2)[C@@H]1C)C(F)(F)F. The fourth-order valence-electron chi connectivity index (χ4n) is 3.52. The summed E-state index contributed by atoms with van der Waals surface area (Å²) < 4.78 is 45.2. The molecule has 130 valence electrons. The number of morpholine rings is 1. The predicted molar refractivity (Wildman–Crippen MR) is 77.7 cm³/mol. The number of hydrogen-bond acceptors (Lipinski definition) is 4. The molecule has 0 radical (unpaired) electrons. The van der Waals surface area contributed by atoms with E-state index in [1.165, 1.54) is 13.8 Å². The van der Waals surface area contributed by atoms with Crippen LogP contribution in [-0.2, 0) is 4.74 Å². The van der Waals surface area contributed by atoms with Gasteiger partial charge in [-0.2, -0.15) is 13.2 Å². The first-order valence-electron chi connectivity index (χ1n) is 8.02. The minimum absolute atomic E-state index is 0.00530. The van der Waals surface area contributed by atoms with Gasteiger partial charge in [-0.25, -0.2) is 0 Å². The lowest BCUT2D eigenvalue weighted by molar-refractivity contribution is -0.281. The smallest absolute Gasteiger partial charge is 0.379 e. The van der Waals surface area contributed by atoms with Crippen molar-refractivity contribution >= 4 is 0 Å². The molecule has 2 rings (SSSR count). The van der Waals surface area contributed by atoms with Crippen molar-refractivity contribution in [3.8, 4) is 0 Å². The van der Waals surface area contributed by atoms with E-state index >= 15 is 0 Å². The first kappa shape index (κ1) is 18.0. The van der Waals surface area contributed by atoms with Crippen LogP contribution in [0.5, 0.6) is 0 Å². The second kappa shape index (κ2) is 6.63. The summed E-state index contributed by atoms with van der Waals surface area (Å²) in [6.45, 7) is 8.08. The molecule has 0 saturated carbocycles. The maximum atomic E-state index is 13.3. The second-order valence-electron chi connectivity index (χ2n) is 6.79. The Balaban J connectivity index is 2.04. The lowest BCUT2D eigenvalue weighted by atomic mass is 9.88. The second-order valence-corrected chi connectivity index (χ2v) is 6.79. The lowest BCUT2D eigenvalue weighted by Gasteiger charge is -2.40. The molecule has 4 nitrogen and oxygen atoms in total. The van der Waals surface area contributed by atoms with Gasteiger partial charge in [0.15, 0.2) is 5.60 Å². The van der Waals surface area contributed by atoms with E-state index in [0.717, 1.165) is 19.5 Å². The molecule has 0 spiro atoms. The predicted octanol–water partition coefficient (Wildman–Crippen LogP) is 1.73. The Labute approximate surface area is 130 Å². The van der Waals surface area contributed by atoms with Gasteiger partial charge in [-0.05, 0) is 19.3 Å². The third-order valence-corrected chi connectivity index (χ3v) is 5.25. The van der Waals surface area contributed by atoms with E-state index in [2.05, 4.69) is 4.90 Å². The van der Waals surface area contributed by atoms with Crippen molar-refractivity contribution in [1.82, 2.24) is 9.80 Å². The molecule has 2 fully saturated rings. The van der Waals surface area contributed by atoms with Crippen LogP contribution in [0, 0.1) is 5.92 Å². The Kier molecular flexibility index (Phi) is 5.42. The van der Waals surface area contributed by atoms with E-state index in [1.807, 2.05) is 6.92 Å². The highest BCUT2D eigenvalue weighted by Gasteiger charge is 2.57. The molecule has 0 aliphatic carbocycles. The summed E-state index contributed by atoms with van der Waals surface area (Å²) in [6, 6.07) is 0.249. The average Bonchev–Trinajstić information content (AvgIpc) is 2.79. The highest BCUT2D eigenvalue weighted by Crippen LogP contribution is 2.38. The van der Waals surface area contributed by atoms with Crippen LogP contribution in [0.4, 0.5) is 13.2 Å². The molecule has 1 unspecified atom stereocenters. The van der Waals surface area contributed by atoms with Gasteiger partial charge in [0, 0.05) is 38.3 Å². The zero-order chi connectivity index (χ0) is 16.5. The molecule has 0 aromatic rings. The van der Waals surface area contributed by atoms with Gasteiger partial charge in [-0.1, -0.05) is 13.8 Å². The molecule has 7 heteroatoms. The summed E-state index contributed by atoms with van der Waals surface area (Å²) in [4.78, 5) is 4.09. The zero-order valence-corrected chi connectivity index (χ0v) is 13.6. The number of likely N-dealkylation sites (tertiary alicyclic amines) is 1. The van der Waals surface area contributed by atoms with Crippen LogP contribution >= 0.6 is 0 Å². The largest absolute Gasteiger partial charge is 0.418 e. The van der Waals surface area contributed by atoms with Crippen molar-refractivity contribution in [3.63, 3.8) is 0 Å². The average molecular weight is 324 g/mol. The molecule has 22 heavy (non-hydrogen) atoms. The minimum atomic E-state index is -4.61. The van der Waals surface area contributed by atoms with E-state index < -0.39 is 17.7 Å². The fraction of sp³-hybridized carbons (Fsp3) is 1.00. The summed E-state index contributed by atoms with van der Waals surface area (Å²) in [5, 5.41) is 10.2. The van der Waals surface area contributed by atoms with Crippen LogP contribution in [0.15, 0.2) is 0 Å². The highest BCUT2D eigenvalue weighted by atomic mass is 19.4. The van der Waals surface area contributed by atoms with Crippen LogP contribution in [0.1, 0.15) is 27.2 Å². The third kappa shape index (κ3) is 3.42. The monoisotopic (exact) mass is 324 g/mol. The number of hydrogen-bond donors (Lipinski definition) is 1. The lowest BCUT2D eigenvalue weighted by Crippen LogP contribution is -2.58. The molecule has 3 atom stereocenters. The summed E-state index contributed by atoms with van der Waals surface area (Å²) >= 11 is 0. The highest BCUT2D eigenvalue weighted by molar-refractivity contribution is 4.98. The van der Waals surface area contributed by atoms with E-state index in [0.29, 0.717) is 19.8 Å². The maximum Gasteiger partial charge on any atom is 0.418 e.